The van der Waals surface area contributed by atoms with Crippen LogP contribution in [0.2, 0.25) is 0 Å². The molecule has 0 aliphatic heterocycles. The summed E-state index contributed by atoms with van der Waals surface area (Å²) in [7, 11) is 0. The molecular weight excluding hydrogens is 482 g/mol. The minimum Gasteiger partial charge on any atom is -0.393 e. The Morgan fingerprint density at radius 1 is 1.15 bits per heavy atom. The van der Waals surface area contributed by atoms with E-state index < -0.39 is 18.3 Å². The Labute approximate surface area is 235 Å². The van der Waals surface area contributed by atoms with Crippen LogP contribution in [0.3, 0.4) is 0 Å². The van der Waals surface area contributed by atoms with Crippen molar-refractivity contribution in [3.63, 3.8) is 0 Å². The fourth-order valence-corrected chi connectivity index (χ4v) is 8.24. The molecule has 4 heteroatoms. The second-order valence-electron chi connectivity index (χ2n) is 13.3. The first kappa shape index (κ1) is 28.5. The van der Waals surface area contributed by atoms with Crippen molar-refractivity contribution in [1.29, 1.82) is 0 Å². The maximum atomic E-state index is 11.3. The van der Waals surface area contributed by atoms with E-state index in [1.807, 2.05) is 6.20 Å². The van der Waals surface area contributed by atoms with Crippen molar-refractivity contribution in [2.45, 2.75) is 115 Å². The summed E-state index contributed by atoms with van der Waals surface area (Å²) in [5.74, 6) is 1.57. The number of nitrogens with zero attached hydrogens (tertiary/aromatic N) is 1. The van der Waals surface area contributed by atoms with Gasteiger partial charge in [-0.1, -0.05) is 63.6 Å². The number of aryl methyl sites for hydroxylation is 1. The third kappa shape index (κ3) is 5.62. The van der Waals surface area contributed by atoms with E-state index in [-0.39, 0.29) is 10.8 Å². The van der Waals surface area contributed by atoms with Crippen LogP contribution in [0.1, 0.15) is 96.2 Å². The number of aromatic nitrogens is 1. The van der Waals surface area contributed by atoms with Crippen LogP contribution in [0, 0.1) is 23.2 Å². The highest BCUT2D eigenvalue weighted by atomic mass is 16.3. The largest absolute Gasteiger partial charge is 0.393 e. The van der Waals surface area contributed by atoms with Gasteiger partial charge in [0.15, 0.2) is 0 Å². The summed E-state index contributed by atoms with van der Waals surface area (Å²) in [5.41, 5.74) is 5.70. The lowest BCUT2D eigenvalue weighted by Crippen LogP contribution is -2.35. The molecule has 0 saturated heterocycles. The molecular formula is C35H49NO3. The molecule has 4 aliphatic carbocycles. The van der Waals surface area contributed by atoms with Gasteiger partial charge >= 0.3 is 0 Å². The lowest BCUT2D eigenvalue weighted by molar-refractivity contribution is 0.0862. The highest BCUT2D eigenvalue weighted by Gasteiger charge is 2.52. The summed E-state index contributed by atoms with van der Waals surface area (Å²) in [5, 5.41) is 31.7. The van der Waals surface area contributed by atoms with E-state index in [9.17, 15) is 15.3 Å². The lowest BCUT2D eigenvalue weighted by Gasteiger charge is -2.44. The maximum Gasteiger partial charge on any atom is 0.0832 e. The van der Waals surface area contributed by atoms with Gasteiger partial charge in [0.05, 0.1) is 18.3 Å². The summed E-state index contributed by atoms with van der Waals surface area (Å²) in [6, 6.07) is 4.32. The van der Waals surface area contributed by atoms with Crippen molar-refractivity contribution in [1.82, 2.24) is 4.98 Å². The van der Waals surface area contributed by atoms with Gasteiger partial charge in [-0.25, -0.2) is 0 Å². The number of allylic oxidation sites excluding steroid dienone is 4. The van der Waals surface area contributed by atoms with E-state index in [1.54, 1.807) is 0 Å². The maximum absolute atomic E-state index is 11.3. The molecule has 0 bridgehead atoms. The van der Waals surface area contributed by atoms with Crippen LogP contribution in [0.25, 0.3) is 0 Å². The van der Waals surface area contributed by atoms with Crippen LogP contribution in [0.4, 0.5) is 0 Å². The summed E-state index contributed by atoms with van der Waals surface area (Å²) >= 11 is 0. The number of pyridine rings is 1. The predicted molar refractivity (Wildman–Crippen MR) is 158 cm³/mol. The highest BCUT2D eigenvalue weighted by molar-refractivity contribution is 5.39. The zero-order valence-corrected chi connectivity index (χ0v) is 24.3. The zero-order chi connectivity index (χ0) is 27.8. The van der Waals surface area contributed by atoms with Gasteiger partial charge in [-0.05, 0) is 110 Å². The molecule has 4 aliphatic rings. The molecule has 0 radical (unpaired) electrons. The van der Waals surface area contributed by atoms with E-state index in [1.165, 1.54) is 36.8 Å². The molecule has 4 nitrogen and oxygen atoms in total. The van der Waals surface area contributed by atoms with E-state index in [0.717, 1.165) is 48.9 Å². The number of rotatable bonds is 8. The molecule has 0 amide bonds. The Hall–Kier alpha value is -2.01. The fraction of sp³-hybridized carbons (Fsp3) is 0.629. The number of aliphatic hydroxyl groups is 3. The molecule has 7 atom stereocenters. The first-order valence-electron chi connectivity index (χ1n) is 15.4. The normalized spacial score (nSPS) is 35.9. The summed E-state index contributed by atoms with van der Waals surface area (Å²) < 4.78 is 0. The molecule has 0 aromatic carbocycles. The van der Waals surface area contributed by atoms with E-state index in [4.69, 9.17) is 0 Å². The van der Waals surface area contributed by atoms with Crippen LogP contribution in [0.5, 0.6) is 0 Å². The molecule has 212 valence electrons. The van der Waals surface area contributed by atoms with Crippen molar-refractivity contribution < 1.29 is 15.3 Å². The Bertz CT molecular complexity index is 1140. The second kappa shape index (κ2) is 11.5. The van der Waals surface area contributed by atoms with Gasteiger partial charge < -0.3 is 15.3 Å². The number of fused-ring (bicyclic) bond motifs is 1. The van der Waals surface area contributed by atoms with Gasteiger partial charge in [0.25, 0.3) is 0 Å². The smallest absolute Gasteiger partial charge is 0.0832 e. The van der Waals surface area contributed by atoms with Gasteiger partial charge in [0, 0.05) is 23.7 Å². The molecule has 4 saturated carbocycles. The van der Waals surface area contributed by atoms with Gasteiger partial charge in [-0.15, -0.1) is 0 Å². The van der Waals surface area contributed by atoms with Gasteiger partial charge in [0.2, 0.25) is 0 Å². The minimum absolute atomic E-state index is 0.208. The van der Waals surface area contributed by atoms with Crippen molar-refractivity contribution in [2.75, 3.05) is 0 Å². The molecule has 39 heavy (non-hydrogen) atoms. The Balaban J connectivity index is 1.28. The summed E-state index contributed by atoms with van der Waals surface area (Å²) in [4.78, 5) is 4.68. The van der Waals surface area contributed by atoms with Gasteiger partial charge in [-0.2, -0.15) is 0 Å². The zero-order valence-electron chi connectivity index (χ0n) is 24.3. The van der Waals surface area contributed by atoms with Crippen LogP contribution in [-0.2, 0) is 11.8 Å². The molecule has 1 heterocycles. The Morgan fingerprint density at radius 2 is 1.95 bits per heavy atom. The van der Waals surface area contributed by atoms with Crippen molar-refractivity contribution in [3.05, 3.63) is 77.2 Å². The van der Waals surface area contributed by atoms with Gasteiger partial charge in [0.1, 0.15) is 0 Å². The quantitative estimate of drug-likeness (QED) is 0.324. The molecule has 0 spiro atoms. The van der Waals surface area contributed by atoms with E-state index in [2.05, 4.69) is 68.8 Å². The van der Waals surface area contributed by atoms with Crippen LogP contribution in [-0.4, -0.2) is 38.6 Å². The first-order valence-corrected chi connectivity index (χ1v) is 15.4. The van der Waals surface area contributed by atoms with Crippen molar-refractivity contribution in [2.24, 2.45) is 23.2 Å². The number of hydrogen-bond donors (Lipinski definition) is 3. The second-order valence-corrected chi connectivity index (χ2v) is 13.3. The molecule has 3 N–H and O–H groups in total. The molecule has 1 aromatic rings. The first-order chi connectivity index (χ1) is 18.7. The van der Waals surface area contributed by atoms with Crippen LogP contribution >= 0.6 is 0 Å². The average molecular weight is 532 g/mol. The predicted octanol–water partition coefficient (Wildman–Crippen LogP) is 6.76. The topological polar surface area (TPSA) is 73.6 Å². The van der Waals surface area contributed by atoms with Crippen molar-refractivity contribution >= 4 is 0 Å². The van der Waals surface area contributed by atoms with E-state index >= 15 is 0 Å². The third-order valence-electron chi connectivity index (χ3n) is 10.8. The van der Waals surface area contributed by atoms with E-state index in [0.29, 0.717) is 30.6 Å². The number of aliphatic hydroxyl groups excluding tert-OH is 3. The molecule has 1 aromatic heterocycles. The monoisotopic (exact) mass is 531 g/mol. The summed E-state index contributed by atoms with van der Waals surface area (Å²) in [6.45, 7) is 11.1. The SMILES string of the molecule is C=C1C(=CC=C2CCC[C@]3(C)[C@@H]([C@H](C)/C=C/[C@H](O)C4(c5cc(CCC)ccn5)CC4)CC[C@@H]23)C[C@@H](O)C[C@@H]1O. The lowest BCUT2D eigenvalue weighted by atomic mass is 9.61. The summed E-state index contributed by atoms with van der Waals surface area (Å²) in [6.07, 6.45) is 20.2. The molecule has 0 unspecified atom stereocenters. The molecule has 5 rings (SSSR count). The highest BCUT2D eigenvalue weighted by Crippen LogP contribution is 2.60. The number of hydrogen-bond acceptors (Lipinski definition) is 4. The third-order valence-corrected chi connectivity index (χ3v) is 10.8. The van der Waals surface area contributed by atoms with Crippen LogP contribution < -0.4 is 0 Å². The van der Waals surface area contributed by atoms with Crippen molar-refractivity contribution in [3.8, 4) is 0 Å². The standard InChI is InChI=1S/C35H49NO3/c1-5-7-25-15-19-36-32(20-25)35(17-18-35)33(39)14-9-23(2)29-12-13-30-26(8-6-16-34(29,30)4)10-11-27-21-28(37)22-31(38)24(27)3/h9-11,14-15,19-20,23,28-31,33,37-39H,3,5-8,12-13,16-18,21-22H2,1-2,4H3/b14-9+,26-10?,27-11?/t23-,28-,29-,30+,31+,33+,34-/m1/s1. The fourth-order valence-electron chi connectivity index (χ4n) is 8.24. The molecule has 4 fully saturated rings. The minimum atomic E-state index is -0.639. The van der Waals surface area contributed by atoms with Crippen LogP contribution in [0.15, 0.2) is 65.9 Å². The Morgan fingerprint density at radius 3 is 2.69 bits per heavy atom. The Kier molecular flexibility index (Phi) is 8.38. The average Bonchev–Trinajstić information content (AvgIpc) is 3.65. The van der Waals surface area contributed by atoms with Gasteiger partial charge in [-0.3, -0.25) is 4.98 Å².